The predicted octanol–water partition coefficient (Wildman–Crippen LogP) is 0.133. The highest BCUT2D eigenvalue weighted by Gasteiger charge is 2.07. The molecule has 66 valence electrons. The summed E-state index contributed by atoms with van der Waals surface area (Å²) in [6.07, 6.45) is 3.00. The maximum absolute atomic E-state index is 8.65. The minimum Gasteiger partial charge on any atom is -0.481 e. The molecule has 0 aromatic rings. The normalized spacial score (nSPS) is 12.7. The minimum absolute atomic E-state index is 0.329. The van der Waals surface area contributed by atoms with Crippen molar-refractivity contribution in [2.24, 2.45) is 4.99 Å². The Balaban J connectivity index is 4.34. The molecule has 0 rings (SSSR count). The van der Waals surface area contributed by atoms with Crippen molar-refractivity contribution in [3.8, 4) is 0 Å². The first-order chi connectivity index (χ1) is 5.61. The van der Waals surface area contributed by atoms with Gasteiger partial charge in [-0.05, 0) is 25.2 Å². The van der Waals surface area contributed by atoms with Crippen molar-refractivity contribution in [1.29, 1.82) is 0 Å². The van der Waals surface area contributed by atoms with Crippen molar-refractivity contribution in [3.63, 3.8) is 0 Å². The molecule has 0 fully saturated rings. The van der Waals surface area contributed by atoms with E-state index in [1.54, 1.807) is 6.92 Å². The van der Waals surface area contributed by atoms with E-state index in [9.17, 15) is 0 Å². The Morgan fingerprint density at radius 3 is 2.42 bits per heavy atom. The molecule has 0 aliphatic rings. The summed E-state index contributed by atoms with van der Waals surface area (Å²) in [7, 11) is 0.0168. The van der Waals surface area contributed by atoms with Gasteiger partial charge in [-0.3, -0.25) is 0 Å². The number of allylic oxidation sites excluding steroid dienone is 3. The Kier molecular flexibility index (Phi) is 5.07. The van der Waals surface area contributed by atoms with Gasteiger partial charge < -0.3 is 14.8 Å². The lowest BCUT2D eigenvalue weighted by Gasteiger charge is -1.97. The van der Waals surface area contributed by atoms with Gasteiger partial charge in [0, 0.05) is 0 Å². The fraction of sp³-hybridized carbons (Fsp3) is 0.286. The lowest BCUT2D eigenvalue weighted by molar-refractivity contribution is 0.289. The summed E-state index contributed by atoms with van der Waals surface area (Å²) in [6, 6.07) is 0. The molecule has 0 radical (unpaired) electrons. The first kappa shape index (κ1) is 10.9. The molecule has 0 spiro atoms. The third-order valence-corrected chi connectivity index (χ3v) is 1.26. The van der Waals surface area contributed by atoms with E-state index in [1.165, 1.54) is 19.3 Å². The summed E-state index contributed by atoms with van der Waals surface area (Å²) in [4.78, 5) is 3.52. The molecule has 0 unspecified atom stereocenters. The van der Waals surface area contributed by atoms with Gasteiger partial charge in [0.15, 0.2) is 0 Å². The number of methoxy groups -OCH3 is 1. The number of hydrogen-bond donors (Lipinski definition) is 2. The number of aliphatic imine (C=N–C) groups is 1. The van der Waals surface area contributed by atoms with Gasteiger partial charge in [-0.1, -0.05) is 6.08 Å². The van der Waals surface area contributed by atoms with E-state index in [0.717, 1.165) is 0 Å². The van der Waals surface area contributed by atoms with Crippen molar-refractivity contribution in [1.82, 2.24) is 0 Å². The molecule has 0 aromatic carbocycles. The van der Waals surface area contributed by atoms with Crippen LogP contribution in [0.4, 0.5) is 0 Å². The van der Waals surface area contributed by atoms with Crippen LogP contribution in [-0.2, 0) is 4.74 Å². The van der Waals surface area contributed by atoms with E-state index in [0.29, 0.717) is 11.4 Å². The molecule has 0 heterocycles. The van der Waals surface area contributed by atoms with Crippen LogP contribution in [0.25, 0.3) is 0 Å². The Morgan fingerprint density at radius 2 is 2.08 bits per heavy atom. The quantitative estimate of drug-likeness (QED) is 0.272. The lowest BCUT2D eigenvalue weighted by Crippen LogP contribution is -2.12. The highest BCUT2D eigenvalue weighted by atomic mass is 16.5. The molecule has 0 aliphatic heterocycles. The first-order valence-corrected chi connectivity index (χ1v) is 3.37. The molecule has 2 N–H and O–H groups in total. The minimum atomic E-state index is -1.44. The third kappa shape index (κ3) is 3.95. The fourth-order valence-corrected chi connectivity index (χ4v) is 0.474. The Bertz CT molecular complexity index is 211. The molecule has 0 saturated carbocycles. The molecule has 0 aliphatic carbocycles. The van der Waals surface area contributed by atoms with E-state index in [1.807, 2.05) is 0 Å². The summed E-state index contributed by atoms with van der Waals surface area (Å²) in [5.74, 6) is 0.329. The molecule has 0 bridgehead atoms. The summed E-state index contributed by atoms with van der Waals surface area (Å²) >= 11 is 0. The van der Waals surface area contributed by atoms with E-state index in [2.05, 4.69) is 11.7 Å². The molecule has 12 heavy (non-hydrogen) atoms. The van der Waals surface area contributed by atoms with Crippen molar-refractivity contribution in [2.75, 3.05) is 7.11 Å². The van der Waals surface area contributed by atoms with E-state index in [-0.39, 0.29) is 0 Å². The second-order valence-electron chi connectivity index (χ2n) is 2.15. The molecule has 0 amide bonds. The SMILES string of the molecule is C=N/C(=C\C=C(/C)B(O)O)OC. The van der Waals surface area contributed by atoms with Crippen LogP contribution in [0, 0.1) is 0 Å². The largest absolute Gasteiger partial charge is 0.483 e. The predicted molar refractivity (Wildman–Crippen MR) is 48.6 cm³/mol. The Morgan fingerprint density at radius 1 is 1.50 bits per heavy atom. The van der Waals surface area contributed by atoms with Crippen molar-refractivity contribution in [3.05, 3.63) is 23.5 Å². The number of rotatable bonds is 4. The highest BCUT2D eigenvalue weighted by Crippen LogP contribution is 2.00. The second kappa shape index (κ2) is 5.57. The number of hydrogen-bond acceptors (Lipinski definition) is 4. The average Bonchev–Trinajstić information content (AvgIpc) is 2.05. The summed E-state index contributed by atoms with van der Waals surface area (Å²) in [6.45, 7) is 4.84. The van der Waals surface area contributed by atoms with Gasteiger partial charge in [-0.25, -0.2) is 4.99 Å². The zero-order valence-corrected chi connectivity index (χ0v) is 7.19. The van der Waals surface area contributed by atoms with Crippen LogP contribution in [0.3, 0.4) is 0 Å². The molecule has 0 atom stereocenters. The maximum atomic E-state index is 8.65. The van der Waals surface area contributed by atoms with E-state index >= 15 is 0 Å². The van der Waals surface area contributed by atoms with Crippen molar-refractivity contribution in [2.45, 2.75) is 6.92 Å². The van der Waals surface area contributed by atoms with Gasteiger partial charge in [-0.2, -0.15) is 0 Å². The van der Waals surface area contributed by atoms with Crippen molar-refractivity contribution >= 4 is 13.8 Å². The average molecular weight is 169 g/mol. The van der Waals surface area contributed by atoms with Crippen molar-refractivity contribution < 1.29 is 14.8 Å². The smallest absolute Gasteiger partial charge is 0.481 e. The van der Waals surface area contributed by atoms with E-state index < -0.39 is 7.12 Å². The Hall–Kier alpha value is -1.07. The van der Waals surface area contributed by atoms with Crippen LogP contribution in [0.5, 0.6) is 0 Å². The van der Waals surface area contributed by atoms with Gasteiger partial charge >= 0.3 is 7.12 Å². The van der Waals surface area contributed by atoms with Crippen LogP contribution in [0.15, 0.2) is 28.5 Å². The van der Waals surface area contributed by atoms with Crippen LogP contribution in [-0.4, -0.2) is 31.0 Å². The maximum Gasteiger partial charge on any atom is 0.483 e. The first-order valence-electron chi connectivity index (χ1n) is 3.37. The summed E-state index contributed by atoms with van der Waals surface area (Å²) in [5, 5.41) is 17.3. The third-order valence-electron chi connectivity index (χ3n) is 1.26. The molecular formula is C7H12BNO3. The van der Waals surface area contributed by atoms with Gasteiger partial charge in [0.1, 0.15) is 0 Å². The van der Waals surface area contributed by atoms with E-state index in [4.69, 9.17) is 14.8 Å². The number of nitrogens with zero attached hydrogens (tertiary/aromatic N) is 1. The van der Waals surface area contributed by atoms with Gasteiger partial charge in [0.05, 0.1) is 7.11 Å². The number of ether oxygens (including phenoxy) is 1. The highest BCUT2D eigenvalue weighted by molar-refractivity contribution is 6.50. The Labute approximate surface area is 72.0 Å². The summed E-state index contributed by atoms with van der Waals surface area (Å²) in [5.41, 5.74) is 0.410. The molecule has 5 heteroatoms. The van der Waals surface area contributed by atoms with Crippen LogP contribution in [0.1, 0.15) is 6.92 Å². The van der Waals surface area contributed by atoms with Crippen LogP contribution < -0.4 is 0 Å². The molecule has 4 nitrogen and oxygen atoms in total. The van der Waals surface area contributed by atoms with Gasteiger partial charge in [0.25, 0.3) is 0 Å². The van der Waals surface area contributed by atoms with Gasteiger partial charge in [0.2, 0.25) is 5.88 Å². The topological polar surface area (TPSA) is 62.1 Å². The molecule has 0 aromatic heterocycles. The zero-order chi connectivity index (χ0) is 9.56. The summed E-state index contributed by atoms with van der Waals surface area (Å²) < 4.78 is 4.75. The van der Waals surface area contributed by atoms with Crippen LogP contribution >= 0.6 is 0 Å². The fourth-order valence-electron chi connectivity index (χ4n) is 0.474. The standard InChI is InChI=1S/C7H12BNO3/c1-6(8(10)11)4-5-7(9-2)12-3/h4-5,10-11H,2H2,1,3H3/b6-4+,7-5+. The molecule has 0 saturated heterocycles. The second-order valence-corrected chi connectivity index (χ2v) is 2.15. The van der Waals surface area contributed by atoms with Gasteiger partial charge in [-0.15, -0.1) is 0 Å². The monoisotopic (exact) mass is 169 g/mol. The molecular weight excluding hydrogens is 157 g/mol. The zero-order valence-electron chi connectivity index (χ0n) is 7.19. The van der Waals surface area contributed by atoms with Crippen LogP contribution in [0.2, 0.25) is 0 Å². The lowest BCUT2D eigenvalue weighted by atomic mass is 9.80.